The van der Waals surface area contributed by atoms with Crippen molar-refractivity contribution in [2.24, 2.45) is 0 Å². The lowest BCUT2D eigenvalue weighted by molar-refractivity contribution is 0.0962. The zero-order chi connectivity index (χ0) is 12.1. The molecule has 0 radical (unpaired) electrons. The van der Waals surface area contributed by atoms with Gasteiger partial charge in [0.05, 0.1) is 12.8 Å². The van der Waals surface area contributed by atoms with Gasteiger partial charge in [-0.2, -0.15) is 0 Å². The lowest BCUT2D eigenvalue weighted by Crippen LogP contribution is -2.18. The predicted octanol–water partition coefficient (Wildman–Crippen LogP) is 1.14. The van der Waals surface area contributed by atoms with Crippen molar-refractivity contribution in [2.45, 2.75) is 0 Å². The van der Waals surface area contributed by atoms with E-state index < -0.39 is 6.09 Å². The van der Waals surface area contributed by atoms with Gasteiger partial charge < -0.3 is 15.2 Å². The maximum absolute atomic E-state index is 11.3. The molecule has 0 aliphatic carbocycles. The molecule has 16 heavy (non-hydrogen) atoms. The third-order valence-corrected chi connectivity index (χ3v) is 1.93. The van der Waals surface area contributed by atoms with E-state index in [9.17, 15) is 9.59 Å². The molecule has 1 rings (SSSR count). The summed E-state index contributed by atoms with van der Waals surface area (Å²) in [6.45, 7) is 0. The van der Waals surface area contributed by atoms with E-state index >= 15 is 0 Å². The fourth-order valence-electron chi connectivity index (χ4n) is 1.20. The average molecular weight is 224 g/mol. The SMILES string of the molecule is CNC(=O)c1ccc(NC(=O)O)c(OC)c1. The molecule has 6 nitrogen and oxygen atoms in total. The number of amides is 2. The lowest BCUT2D eigenvalue weighted by Gasteiger charge is -2.09. The minimum atomic E-state index is -1.19. The van der Waals surface area contributed by atoms with Crippen molar-refractivity contribution in [2.75, 3.05) is 19.5 Å². The fourth-order valence-corrected chi connectivity index (χ4v) is 1.20. The van der Waals surface area contributed by atoms with Crippen LogP contribution in [0.25, 0.3) is 0 Å². The van der Waals surface area contributed by atoms with Crippen molar-refractivity contribution in [3.05, 3.63) is 23.8 Å². The first-order valence-corrected chi connectivity index (χ1v) is 4.48. The number of anilines is 1. The van der Waals surface area contributed by atoms with E-state index in [0.29, 0.717) is 17.0 Å². The van der Waals surface area contributed by atoms with Gasteiger partial charge in [-0.1, -0.05) is 0 Å². The van der Waals surface area contributed by atoms with Crippen LogP contribution in [0.3, 0.4) is 0 Å². The van der Waals surface area contributed by atoms with E-state index in [1.807, 2.05) is 0 Å². The first-order chi connectivity index (χ1) is 7.58. The van der Waals surface area contributed by atoms with Gasteiger partial charge in [0.1, 0.15) is 5.75 Å². The second-order valence-electron chi connectivity index (χ2n) is 2.92. The zero-order valence-electron chi connectivity index (χ0n) is 8.90. The molecule has 0 aromatic heterocycles. The lowest BCUT2D eigenvalue weighted by atomic mass is 10.1. The highest BCUT2D eigenvalue weighted by molar-refractivity contribution is 5.96. The van der Waals surface area contributed by atoms with Crippen LogP contribution in [0.4, 0.5) is 10.5 Å². The van der Waals surface area contributed by atoms with Gasteiger partial charge in [0.25, 0.3) is 5.91 Å². The van der Waals surface area contributed by atoms with E-state index in [2.05, 4.69) is 10.6 Å². The molecule has 0 atom stereocenters. The number of carboxylic acid groups (broad SMARTS) is 1. The number of benzene rings is 1. The number of rotatable bonds is 3. The number of carbonyl (C=O) groups is 2. The molecule has 3 N–H and O–H groups in total. The predicted molar refractivity (Wildman–Crippen MR) is 58.0 cm³/mol. The number of nitrogens with one attached hydrogen (secondary N) is 2. The van der Waals surface area contributed by atoms with Crippen LogP contribution in [0.5, 0.6) is 5.75 Å². The number of hydrogen-bond acceptors (Lipinski definition) is 3. The topological polar surface area (TPSA) is 87.7 Å². The largest absolute Gasteiger partial charge is 0.495 e. The highest BCUT2D eigenvalue weighted by atomic mass is 16.5. The van der Waals surface area contributed by atoms with Gasteiger partial charge in [-0.15, -0.1) is 0 Å². The summed E-state index contributed by atoms with van der Waals surface area (Å²) in [5, 5.41) is 13.2. The third-order valence-electron chi connectivity index (χ3n) is 1.93. The van der Waals surface area contributed by atoms with Crippen LogP contribution in [0.1, 0.15) is 10.4 Å². The number of hydrogen-bond donors (Lipinski definition) is 3. The number of methoxy groups -OCH3 is 1. The molecule has 0 aliphatic rings. The van der Waals surface area contributed by atoms with Crippen molar-refractivity contribution in [1.29, 1.82) is 0 Å². The molecule has 2 amide bonds. The summed E-state index contributed by atoms with van der Waals surface area (Å²) in [5.41, 5.74) is 0.693. The summed E-state index contributed by atoms with van der Waals surface area (Å²) in [7, 11) is 2.91. The molecule has 0 unspecified atom stereocenters. The summed E-state index contributed by atoms with van der Waals surface area (Å²) in [5.74, 6) is 0.0312. The molecule has 1 aromatic rings. The monoisotopic (exact) mass is 224 g/mol. The molecule has 1 aromatic carbocycles. The van der Waals surface area contributed by atoms with E-state index in [1.165, 1.54) is 32.4 Å². The minimum absolute atomic E-state index is 0.264. The maximum atomic E-state index is 11.3. The molecule has 0 aliphatic heterocycles. The molecule has 0 fully saturated rings. The van der Waals surface area contributed by atoms with Crippen LogP contribution < -0.4 is 15.4 Å². The standard InChI is InChI=1S/C10H12N2O4/c1-11-9(13)6-3-4-7(12-10(14)15)8(5-6)16-2/h3-5,12H,1-2H3,(H,11,13)(H,14,15). The Hall–Kier alpha value is -2.24. The Morgan fingerprint density at radius 2 is 2.06 bits per heavy atom. The molecule has 0 bridgehead atoms. The quantitative estimate of drug-likeness (QED) is 0.718. The van der Waals surface area contributed by atoms with Crippen LogP contribution in [0.15, 0.2) is 18.2 Å². The van der Waals surface area contributed by atoms with Crippen molar-refractivity contribution >= 4 is 17.7 Å². The Balaban J connectivity index is 3.06. The molecular weight excluding hydrogens is 212 g/mol. The van der Waals surface area contributed by atoms with Gasteiger partial charge in [-0.3, -0.25) is 10.1 Å². The maximum Gasteiger partial charge on any atom is 0.409 e. The van der Waals surface area contributed by atoms with Crippen LogP contribution >= 0.6 is 0 Å². The second kappa shape index (κ2) is 5.01. The van der Waals surface area contributed by atoms with E-state index in [0.717, 1.165) is 0 Å². The van der Waals surface area contributed by atoms with Crippen LogP contribution in [0, 0.1) is 0 Å². The Morgan fingerprint density at radius 3 is 2.56 bits per heavy atom. The first-order valence-electron chi connectivity index (χ1n) is 4.48. The molecule has 0 saturated carbocycles. The van der Waals surface area contributed by atoms with Crippen LogP contribution in [-0.4, -0.2) is 31.3 Å². The number of ether oxygens (including phenoxy) is 1. The average Bonchev–Trinajstić information content (AvgIpc) is 2.27. The molecule has 6 heteroatoms. The van der Waals surface area contributed by atoms with E-state index in [4.69, 9.17) is 9.84 Å². The molecular formula is C10H12N2O4. The molecule has 0 spiro atoms. The van der Waals surface area contributed by atoms with Crippen molar-refractivity contribution in [1.82, 2.24) is 5.32 Å². The minimum Gasteiger partial charge on any atom is -0.495 e. The number of carbonyl (C=O) groups excluding carboxylic acids is 1. The summed E-state index contributed by atoms with van der Waals surface area (Å²) in [6, 6.07) is 4.44. The van der Waals surface area contributed by atoms with Gasteiger partial charge in [0, 0.05) is 12.6 Å². The second-order valence-corrected chi connectivity index (χ2v) is 2.92. The van der Waals surface area contributed by atoms with Gasteiger partial charge in [-0.05, 0) is 18.2 Å². The van der Waals surface area contributed by atoms with Gasteiger partial charge in [0.2, 0.25) is 0 Å². The van der Waals surface area contributed by atoms with Gasteiger partial charge >= 0.3 is 6.09 Å². The van der Waals surface area contributed by atoms with E-state index in [-0.39, 0.29) is 5.91 Å². The van der Waals surface area contributed by atoms with E-state index in [1.54, 1.807) is 0 Å². The smallest absolute Gasteiger partial charge is 0.409 e. The molecule has 86 valence electrons. The van der Waals surface area contributed by atoms with Gasteiger partial charge in [0.15, 0.2) is 0 Å². The Bertz CT molecular complexity index is 417. The summed E-state index contributed by atoms with van der Waals surface area (Å²) >= 11 is 0. The summed E-state index contributed by atoms with van der Waals surface area (Å²) in [6.07, 6.45) is -1.19. The highest BCUT2D eigenvalue weighted by Crippen LogP contribution is 2.25. The third kappa shape index (κ3) is 2.63. The molecule has 0 saturated heterocycles. The Labute approximate surface area is 92.2 Å². The molecule has 0 heterocycles. The fraction of sp³-hybridized carbons (Fsp3) is 0.200. The van der Waals surface area contributed by atoms with Crippen molar-refractivity contribution in [3.63, 3.8) is 0 Å². The summed E-state index contributed by atoms with van der Waals surface area (Å²) in [4.78, 5) is 21.8. The Morgan fingerprint density at radius 1 is 1.38 bits per heavy atom. The van der Waals surface area contributed by atoms with Crippen molar-refractivity contribution in [3.8, 4) is 5.75 Å². The first kappa shape index (κ1) is 11.8. The summed E-state index contributed by atoms with van der Waals surface area (Å²) < 4.78 is 4.98. The van der Waals surface area contributed by atoms with Gasteiger partial charge in [-0.25, -0.2) is 4.79 Å². The van der Waals surface area contributed by atoms with Crippen LogP contribution in [-0.2, 0) is 0 Å². The Kier molecular flexibility index (Phi) is 3.71. The highest BCUT2D eigenvalue weighted by Gasteiger charge is 2.10. The van der Waals surface area contributed by atoms with Crippen LogP contribution in [0.2, 0.25) is 0 Å². The van der Waals surface area contributed by atoms with Crippen molar-refractivity contribution < 1.29 is 19.4 Å². The zero-order valence-corrected chi connectivity index (χ0v) is 8.90. The normalized spacial score (nSPS) is 9.38.